The first kappa shape index (κ1) is 28.7. The average Bonchev–Trinajstić information content (AvgIpc) is 2.82. The molecule has 0 heterocycles. The van der Waals surface area contributed by atoms with Gasteiger partial charge in [0.2, 0.25) is 0 Å². The molecule has 0 amide bonds. The van der Waals surface area contributed by atoms with Gasteiger partial charge in [-0.25, -0.2) is 0 Å². The summed E-state index contributed by atoms with van der Waals surface area (Å²) in [4.78, 5) is 0. The molecule has 0 atom stereocenters. The van der Waals surface area contributed by atoms with Crippen molar-refractivity contribution < 1.29 is 0 Å². The van der Waals surface area contributed by atoms with Gasteiger partial charge in [0.1, 0.15) is 0 Å². The summed E-state index contributed by atoms with van der Waals surface area (Å²) in [5, 5.41) is 8.04. The van der Waals surface area contributed by atoms with Gasteiger partial charge in [0, 0.05) is 0 Å². The van der Waals surface area contributed by atoms with Gasteiger partial charge in [-0.15, -0.1) is 0 Å². The highest BCUT2D eigenvalue weighted by Gasteiger charge is 2.19. The van der Waals surface area contributed by atoms with Crippen molar-refractivity contribution in [1.82, 2.24) is 0 Å². The molecule has 0 N–H and O–H groups in total. The van der Waals surface area contributed by atoms with Crippen molar-refractivity contribution in [3.05, 3.63) is 71.8 Å². The Morgan fingerprint density at radius 3 is 1.48 bits per heavy atom. The van der Waals surface area contributed by atoms with E-state index >= 15 is 0 Å². The van der Waals surface area contributed by atoms with E-state index in [9.17, 15) is 0 Å². The first-order valence-electron chi connectivity index (χ1n) is 12.3. The Bertz CT molecular complexity index is 1050. The van der Waals surface area contributed by atoms with Gasteiger partial charge in [0.05, 0.1) is 0 Å². The molecule has 0 heteroatoms. The molecule has 4 aromatic rings. The van der Waals surface area contributed by atoms with Crippen LogP contribution in [0.2, 0.25) is 0 Å². The van der Waals surface area contributed by atoms with Crippen LogP contribution in [0.3, 0.4) is 0 Å². The van der Waals surface area contributed by atoms with Gasteiger partial charge in [-0.05, 0) is 67.9 Å². The SMILES string of the molecule is CC.CC.CC.CC.Cc1ccc2c(ccc3cc4ccccc4cc32)c1C(C)(C)C. The number of fused-ring (bicyclic) bond motifs is 4. The first-order valence-corrected chi connectivity index (χ1v) is 12.3. The van der Waals surface area contributed by atoms with Crippen LogP contribution in [0.1, 0.15) is 87.3 Å². The summed E-state index contributed by atoms with van der Waals surface area (Å²) in [6.45, 7) is 25.1. The zero-order chi connectivity index (χ0) is 24.2. The standard InChI is InChI=1S/C23H22.4C2H6/c1-15-9-11-19-20(22(15)23(2,3)4)12-10-18-13-16-7-5-6-8-17(16)14-21(18)19;4*1-2/h5-14H,1-4H3;4*1-2H3. The highest BCUT2D eigenvalue weighted by atomic mass is 14.2. The van der Waals surface area contributed by atoms with E-state index in [0.717, 1.165) is 0 Å². The van der Waals surface area contributed by atoms with E-state index in [1.165, 1.54) is 43.4 Å². The van der Waals surface area contributed by atoms with Crippen LogP contribution in [-0.2, 0) is 5.41 Å². The second kappa shape index (κ2) is 13.9. The minimum atomic E-state index is 0.147. The Morgan fingerprint density at radius 2 is 0.968 bits per heavy atom. The average molecular weight is 419 g/mol. The van der Waals surface area contributed by atoms with Gasteiger partial charge in [-0.2, -0.15) is 0 Å². The lowest BCUT2D eigenvalue weighted by molar-refractivity contribution is 0.592. The van der Waals surface area contributed by atoms with Crippen LogP contribution in [0.5, 0.6) is 0 Å². The number of hydrogen-bond acceptors (Lipinski definition) is 0. The van der Waals surface area contributed by atoms with Gasteiger partial charge < -0.3 is 0 Å². The molecule has 0 aliphatic rings. The fraction of sp³-hybridized carbons (Fsp3) is 0.419. The van der Waals surface area contributed by atoms with Crippen LogP contribution in [0, 0.1) is 6.92 Å². The normalized spacial score (nSPS) is 9.94. The summed E-state index contributed by atoms with van der Waals surface area (Å²) in [5.74, 6) is 0. The number of hydrogen-bond donors (Lipinski definition) is 0. The van der Waals surface area contributed by atoms with Crippen molar-refractivity contribution in [2.24, 2.45) is 0 Å². The maximum atomic E-state index is 2.34. The fourth-order valence-electron chi connectivity index (χ4n) is 3.93. The molecule has 0 unspecified atom stereocenters. The molecule has 0 saturated carbocycles. The molecule has 170 valence electrons. The van der Waals surface area contributed by atoms with E-state index < -0.39 is 0 Å². The summed E-state index contributed by atoms with van der Waals surface area (Å²) < 4.78 is 0. The zero-order valence-electron chi connectivity index (χ0n) is 22.3. The Kier molecular flexibility index (Phi) is 12.8. The third kappa shape index (κ3) is 6.57. The lowest BCUT2D eigenvalue weighted by Crippen LogP contribution is -2.13. The molecule has 0 radical (unpaired) electrons. The second-order valence-electron chi connectivity index (χ2n) is 7.59. The Balaban J connectivity index is 0.00000102. The summed E-state index contributed by atoms with van der Waals surface area (Å²) in [6.07, 6.45) is 0. The van der Waals surface area contributed by atoms with Gasteiger partial charge in [0.25, 0.3) is 0 Å². The highest BCUT2D eigenvalue weighted by Crippen LogP contribution is 2.37. The van der Waals surface area contributed by atoms with Crippen LogP contribution in [0.4, 0.5) is 0 Å². The summed E-state index contributed by atoms with van der Waals surface area (Å²) in [7, 11) is 0. The molecule has 4 rings (SSSR count). The van der Waals surface area contributed by atoms with Crippen molar-refractivity contribution >= 4 is 32.3 Å². The van der Waals surface area contributed by atoms with Crippen molar-refractivity contribution in [3.8, 4) is 0 Å². The molecule has 4 aromatic carbocycles. The fourth-order valence-corrected chi connectivity index (χ4v) is 3.93. The maximum absolute atomic E-state index is 2.34. The number of benzene rings is 4. The molecule has 0 aliphatic carbocycles. The van der Waals surface area contributed by atoms with Crippen molar-refractivity contribution in [2.45, 2.75) is 88.5 Å². The Labute approximate surface area is 192 Å². The third-order valence-corrected chi connectivity index (χ3v) is 4.84. The molecule has 0 fully saturated rings. The number of rotatable bonds is 0. The Morgan fingerprint density at radius 1 is 0.484 bits per heavy atom. The second-order valence-corrected chi connectivity index (χ2v) is 7.59. The molecule has 0 nitrogen and oxygen atoms in total. The highest BCUT2D eigenvalue weighted by molar-refractivity contribution is 6.13. The van der Waals surface area contributed by atoms with Gasteiger partial charge in [-0.3, -0.25) is 0 Å². The van der Waals surface area contributed by atoms with E-state index in [4.69, 9.17) is 0 Å². The van der Waals surface area contributed by atoms with Crippen LogP contribution in [0.15, 0.2) is 60.7 Å². The molecule has 0 aromatic heterocycles. The van der Waals surface area contributed by atoms with Gasteiger partial charge in [0.15, 0.2) is 0 Å². The summed E-state index contributed by atoms with van der Waals surface area (Å²) in [5.41, 5.74) is 2.99. The Hall–Kier alpha value is -2.34. The van der Waals surface area contributed by atoms with E-state index in [2.05, 4.69) is 88.4 Å². The summed E-state index contributed by atoms with van der Waals surface area (Å²) >= 11 is 0. The molecule has 0 aliphatic heterocycles. The molecular formula is C31H46. The topological polar surface area (TPSA) is 0 Å². The minimum absolute atomic E-state index is 0.147. The molecule has 0 bridgehead atoms. The predicted octanol–water partition coefficient (Wildman–Crippen LogP) is 10.9. The first-order chi connectivity index (χ1) is 14.9. The van der Waals surface area contributed by atoms with Crippen LogP contribution >= 0.6 is 0 Å². The molecular weight excluding hydrogens is 372 g/mol. The monoisotopic (exact) mass is 418 g/mol. The summed E-state index contributed by atoms with van der Waals surface area (Å²) in [6, 6.07) is 22.4. The van der Waals surface area contributed by atoms with E-state index in [1.54, 1.807) is 0 Å². The van der Waals surface area contributed by atoms with Crippen molar-refractivity contribution in [3.63, 3.8) is 0 Å². The predicted molar refractivity (Wildman–Crippen MR) is 148 cm³/mol. The van der Waals surface area contributed by atoms with Crippen LogP contribution < -0.4 is 0 Å². The van der Waals surface area contributed by atoms with Crippen molar-refractivity contribution in [2.75, 3.05) is 0 Å². The van der Waals surface area contributed by atoms with Crippen LogP contribution in [-0.4, -0.2) is 0 Å². The quantitative estimate of drug-likeness (QED) is 0.197. The number of aryl methyl sites for hydroxylation is 1. The van der Waals surface area contributed by atoms with E-state index in [1.807, 2.05) is 55.4 Å². The minimum Gasteiger partial charge on any atom is -0.0683 e. The third-order valence-electron chi connectivity index (χ3n) is 4.84. The van der Waals surface area contributed by atoms with E-state index in [0.29, 0.717) is 0 Å². The lowest BCUT2D eigenvalue weighted by Gasteiger charge is -2.24. The lowest BCUT2D eigenvalue weighted by atomic mass is 9.80. The molecule has 0 saturated heterocycles. The van der Waals surface area contributed by atoms with Gasteiger partial charge >= 0.3 is 0 Å². The maximum Gasteiger partial charge on any atom is -0.00989 e. The van der Waals surface area contributed by atoms with Gasteiger partial charge in [-0.1, -0.05) is 125 Å². The molecule has 0 spiro atoms. The van der Waals surface area contributed by atoms with E-state index in [-0.39, 0.29) is 5.41 Å². The van der Waals surface area contributed by atoms with Crippen molar-refractivity contribution in [1.29, 1.82) is 0 Å². The largest absolute Gasteiger partial charge is 0.0683 e. The van der Waals surface area contributed by atoms with Crippen LogP contribution in [0.25, 0.3) is 32.3 Å². The smallest absolute Gasteiger partial charge is 0.00989 e. The molecule has 31 heavy (non-hydrogen) atoms. The zero-order valence-corrected chi connectivity index (χ0v) is 22.3.